The van der Waals surface area contributed by atoms with Gasteiger partial charge in [-0.15, -0.1) is 0 Å². The monoisotopic (exact) mass is 470 g/mol. The van der Waals surface area contributed by atoms with Gasteiger partial charge in [-0.3, -0.25) is 14.6 Å². The van der Waals surface area contributed by atoms with Crippen LogP contribution < -0.4 is 5.32 Å². The third-order valence-electron chi connectivity index (χ3n) is 7.45. The molecule has 2 heterocycles. The first-order valence-corrected chi connectivity index (χ1v) is 13.0. The van der Waals surface area contributed by atoms with Crippen molar-refractivity contribution in [2.45, 2.75) is 75.9 Å². The van der Waals surface area contributed by atoms with Gasteiger partial charge >= 0.3 is 0 Å². The normalized spacial score (nSPS) is 17.7. The fourth-order valence-electron chi connectivity index (χ4n) is 5.63. The summed E-state index contributed by atoms with van der Waals surface area (Å²) in [4.78, 5) is 37.3. The molecule has 0 bridgehead atoms. The lowest BCUT2D eigenvalue weighted by Crippen LogP contribution is -2.50. The van der Waals surface area contributed by atoms with Gasteiger partial charge in [-0.2, -0.15) is 0 Å². The van der Waals surface area contributed by atoms with Crippen LogP contribution >= 0.6 is 0 Å². The van der Waals surface area contributed by atoms with E-state index in [-0.39, 0.29) is 23.9 Å². The third-order valence-corrected chi connectivity index (χ3v) is 7.45. The van der Waals surface area contributed by atoms with E-state index < -0.39 is 6.04 Å². The van der Waals surface area contributed by atoms with Crippen LogP contribution in [-0.2, 0) is 4.79 Å². The van der Waals surface area contributed by atoms with Crippen LogP contribution in [0.25, 0.3) is 11.3 Å². The molecule has 182 valence electrons. The van der Waals surface area contributed by atoms with Gasteiger partial charge in [-0.25, -0.2) is 0 Å². The predicted molar refractivity (Wildman–Crippen MR) is 137 cm³/mol. The summed E-state index contributed by atoms with van der Waals surface area (Å²) in [5, 5.41) is 3.27. The second-order valence-electron chi connectivity index (χ2n) is 9.83. The Morgan fingerprint density at radius 2 is 1.54 bits per heavy atom. The van der Waals surface area contributed by atoms with Crippen LogP contribution in [0, 0.1) is 0 Å². The number of aromatic amines is 1. The molecule has 2 saturated carbocycles. The van der Waals surface area contributed by atoms with E-state index in [1.165, 1.54) is 6.42 Å². The van der Waals surface area contributed by atoms with E-state index in [1.54, 1.807) is 12.4 Å². The van der Waals surface area contributed by atoms with E-state index in [0.717, 1.165) is 68.2 Å². The number of amides is 2. The first-order chi connectivity index (χ1) is 17.2. The van der Waals surface area contributed by atoms with Crippen LogP contribution in [0.2, 0.25) is 0 Å². The average Bonchev–Trinajstić information content (AvgIpc) is 3.61. The third kappa shape index (κ3) is 5.31. The Balaban J connectivity index is 1.51. The minimum absolute atomic E-state index is 0.0206. The van der Waals surface area contributed by atoms with Gasteiger partial charge in [0.05, 0.1) is 0 Å². The first kappa shape index (κ1) is 23.3. The Morgan fingerprint density at radius 1 is 0.857 bits per heavy atom. The molecule has 2 N–H and O–H groups in total. The standard InChI is InChI=1S/C29H34N4O2/c34-28(31-23-11-7-8-12-23)27(22-17-19-30-20-18-22)33(24-13-5-2-6-14-24)29(35)26-16-15-25(32-26)21-9-3-1-4-10-21/h1,3-4,9-10,15-20,23-24,27,32H,2,5-8,11-14H2,(H,31,34). The largest absolute Gasteiger partial charge is 0.351 e. The van der Waals surface area contributed by atoms with Crippen molar-refractivity contribution in [1.29, 1.82) is 0 Å². The number of nitrogens with one attached hydrogen (secondary N) is 2. The number of carbonyl (C=O) groups excluding carboxylic acids is 2. The second kappa shape index (κ2) is 10.9. The molecular weight excluding hydrogens is 436 g/mol. The maximum Gasteiger partial charge on any atom is 0.271 e. The number of nitrogens with zero attached hydrogens (tertiary/aromatic N) is 2. The van der Waals surface area contributed by atoms with Crippen molar-refractivity contribution in [2.24, 2.45) is 0 Å². The van der Waals surface area contributed by atoms with Crippen molar-refractivity contribution < 1.29 is 9.59 Å². The van der Waals surface area contributed by atoms with Crippen LogP contribution in [0.5, 0.6) is 0 Å². The molecule has 6 heteroatoms. The van der Waals surface area contributed by atoms with Crippen molar-refractivity contribution >= 4 is 11.8 Å². The summed E-state index contributed by atoms with van der Waals surface area (Å²) in [6, 6.07) is 17.0. The quantitative estimate of drug-likeness (QED) is 0.468. The molecule has 5 rings (SSSR count). The predicted octanol–water partition coefficient (Wildman–Crippen LogP) is 5.65. The van der Waals surface area contributed by atoms with E-state index in [1.807, 2.05) is 59.5 Å². The van der Waals surface area contributed by atoms with Crippen molar-refractivity contribution in [3.63, 3.8) is 0 Å². The Hall–Kier alpha value is -3.41. The molecule has 6 nitrogen and oxygen atoms in total. The first-order valence-electron chi connectivity index (χ1n) is 13.0. The average molecular weight is 471 g/mol. The van der Waals surface area contributed by atoms with E-state index in [4.69, 9.17) is 0 Å². The topological polar surface area (TPSA) is 78.1 Å². The highest BCUT2D eigenvalue weighted by Crippen LogP contribution is 2.33. The number of pyridine rings is 1. The molecule has 2 aliphatic carbocycles. The molecule has 0 saturated heterocycles. The van der Waals surface area contributed by atoms with Gasteiger partial charge in [0.2, 0.25) is 5.91 Å². The number of hydrogen-bond acceptors (Lipinski definition) is 3. The second-order valence-corrected chi connectivity index (χ2v) is 9.83. The lowest BCUT2D eigenvalue weighted by molar-refractivity contribution is -0.127. The van der Waals surface area contributed by atoms with Crippen LogP contribution in [0.3, 0.4) is 0 Å². The van der Waals surface area contributed by atoms with Gasteiger partial charge in [-0.05, 0) is 61.1 Å². The zero-order valence-electron chi connectivity index (χ0n) is 20.2. The summed E-state index contributed by atoms with van der Waals surface area (Å²) < 4.78 is 0. The molecule has 2 aromatic heterocycles. The highest BCUT2D eigenvalue weighted by molar-refractivity contribution is 5.97. The molecule has 2 fully saturated rings. The maximum absolute atomic E-state index is 14.1. The molecular formula is C29H34N4O2. The fourth-order valence-corrected chi connectivity index (χ4v) is 5.63. The van der Waals surface area contributed by atoms with Gasteiger partial charge in [0.1, 0.15) is 11.7 Å². The number of hydrogen-bond donors (Lipinski definition) is 2. The van der Waals surface area contributed by atoms with Gasteiger partial charge in [0.15, 0.2) is 0 Å². The van der Waals surface area contributed by atoms with Gasteiger partial charge in [0.25, 0.3) is 5.91 Å². The van der Waals surface area contributed by atoms with Gasteiger partial charge in [0, 0.05) is 30.2 Å². The zero-order chi connectivity index (χ0) is 24.0. The summed E-state index contributed by atoms with van der Waals surface area (Å²) in [7, 11) is 0. The van der Waals surface area contributed by atoms with Crippen molar-refractivity contribution in [1.82, 2.24) is 20.2 Å². The minimum Gasteiger partial charge on any atom is -0.351 e. The number of aromatic nitrogens is 2. The van der Waals surface area contributed by atoms with Crippen LogP contribution in [0.4, 0.5) is 0 Å². The number of carbonyl (C=O) groups is 2. The van der Waals surface area contributed by atoms with Crippen LogP contribution in [-0.4, -0.2) is 38.8 Å². The summed E-state index contributed by atoms with van der Waals surface area (Å²) in [5.41, 5.74) is 3.25. The Morgan fingerprint density at radius 3 is 2.26 bits per heavy atom. The summed E-state index contributed by atoms with van der Waals surface area (Å²) in [6.45, 7) is 0. The van der Waals surface area contributed by atoms with Crippen molar-refractivity contribution in [3.8, 4) is 11.3 Å². The molecule has 0 spiro atoms. The number of H-pyrrole nitrogens is 1. The number of benzene rings is 1. The number of rotatable bonds is 7. The Bertz CT molecular complexity index is 1120. The van der Waals surface area contributed by atoms with Crippen LogP contribution in [0.1, 0.15) is 79.9 Å². The lowest BCUT2D eigenvalue weighted by atomic mass is 9.91. The van der Waals surface area contributed by atoms with Crippen LogP contribution in [0.15, 0.2) is 67.0 Å². The van der Waals surface area contributed by atoms with Crippen molar-refractivity contribution in [3.05, 3.63) is 78.2 Å². The van der Waals surface area contributed by atoms with E-state index in [2.05, 4.69) is 15.3 Å². The Labute approximate surface area is 207 Å². The molecule has 1 atom stereocenters. The maximum atomic E-state index is 14.1. The van der Waals surface area contributed by atoms with E-state index in [9.17, 15) is 9.59 Å². The zero-order valence-corrected chi connectivity index (χ0v) is 20.2. The van der Waals surface area contributed by atoms with Gasteiger partial charge in [-0.1, -0.05) is 62.4 Å². The highest BCUT2D eigenvalue weighted by atomic mass is 16.2. The molecule has 1 aromatic carbocycles. The smallest absolute Gasteiger partial charge is 0.271 e. The molecule has 2 aliphatic rings. The fraction of sp³-hybridized carbons (Fsp3) is 0.414. The van der Waals surface area contributed by atoms with E-state index in [0.29, 0.717) is 5.69 Å². The highest BCUT2D eigenvalue weighted by Gasteiger charge is 2.38. The van der Waals surface area contributed by atoms with Crippen molar-refractivity contribution in [2.75, 3.05) is 0 Å². The minimum atomic E-state index is -0.683. The summed E-state index contributed by atoms with van der Waals surface area (Å²) >= 11 is 0. The molecule has 0 aliphatic heterocycles. The molecule has 2 amide bonds. The molecule has 3 aromatic rings. The summed E-state index contributed by atoms with van der Waals surface area (Å²) in [6.07, 6.45) is 12.8. The van der Waals surface area contributed by atoms with Gasteiger partial charge < -0.3 is 15.2 Å². The molecule has 0 radical (unpaired) electrons. The Kier molecular flexibility index (Phi) is 7.26. The SMILES string of the molecule is O=C(NC1CCCC1)C(c1ccncc1)N(C(=O)c1ccc(-c2ccccc2)[nH]1)C1CCCCC1. The molecule has 1 unspecified atom stereocenters. The molecule has 35 heavy (non-hydrogen) atoms. The lowest BCUT2D eigenvalue weighted by Gasteiger charge is -2.39. The summed E-state index contributed by atoms with van der Waals surface area (Å²) in [5.74, 6) is -0.209. The van der Waals surface area contributed by atoms with E-state index >= 15 is 0 Å².